The van der Waals surface area contributed by atoms with Crippen LogP contribution in [-0.4, -0.2) is 20.9 Å². The van der Waals surface area contributed by atoms with Crippen LogP contribution in [0.15, 0.2) is 60.7 Å². The Morgan fingerprint density at radius 2 is 1.62 bits per heavy atom. The standard InChI is InChI=1S/C17H13FO2Se/c1-20-13-8-10-14(11-9-13)21(19)16-7-3-5-12-4-2-6-15(18)17(12)16/h2-11H,1H3. The molecule has 0 fully saturated rings. The van der Waals surface area contributed by atoms with Crippen molar-refractivity contribution in [1.82, 2.24) is 0 Å². The van der Waals surface area contributed by atoms with Gasteiger partial charge in [0, 0.05) is 0 Å². The number of rotatable bonds is 3. The van der Waals surface area contributed by atoms with E-state index in [2.05, 4.69) is 0 Å². The van der Waals surface area contributed by atoms with E-state index < -0.39 is 13.8 Å². The van der Waals surface area contributed by atoms with Gasteiger partial charge < -0.3 is 0 Å². The van der Waals surface area contributed by atoms with E-state index >= 15 is 0 Å². The summed E-state index contributed by atoms with van der Waals surface area (Å²) in [6.07, 6.45) is 0. The van der Waals surface area contributed by atoms with Gasteiger partial charge in [-0.1, -0.05) is 0 Å². The second kappa shape index (κ2) is 5.76. The quantitative estimate of drug-likeness (QED) is 0.681. The molecule has 0 bridgehead atoms. The van der Waals surface area contributed by atoms with Crippen LogP contribution in [0, 0.1) is 5.82 Å². The molecule has 0 aliphatic heterocycles. The maximum absolute atomic E-state index is 14.1. The zero-order valence-electron chi connectivity index (χ0n) is 11.4. The third-order valence-corrected chi connectivity index (χ3v) is 6.31. The Balaban J connectivity index is 2.13. The summed E-state index contributed by atoms with van der Waals surface area (Å²) in [5.41, 5.74) is 0. The molecule has 0 aliphatic rings. The van der Waals surface area contributed by atoms with E-state index in [0.717, 1.165) is 5.39 Å². The molecule has 2 nitrogen and oxygen atoms in total. The predicted octanol–water partition coefficient (Wildman–Crippen LogP) is 2.52. The molecule has 0 N–H and O–H groups in total. The second-order valence-corrected chi connectivity index (χ2v) is 7.58. The van der Waals surface area contributed by atoms with Crippen LogP contribution in [0.4, 0.5) is 4.39 Å². The third kappa shape index (κ3) is 2.60. The Labute approximate surface area is 126 Å². The van der Waals surface area contributed by atoms with Gasteiger partial charge in [0.05, 0.1) is 0 Å². The molecular formula is C17H13FO2Se. The summed E-state index contributed by atoms with van der Waals surface area (Å²) in [7, 11) is 1.58. The van der Waals surface area contributed by atoms with E-state index in [1.807, 2.05) is 18.2 Å². The maximum atomic E-state index is 14.1. The first-order valence-electron chi connectivity index (χ1n) is 6.44. The molecule has 3 aromatic rings. The summed E-state index contributed by atoms with van der Waals surface area (Å²) in [5.74, 6) is 0.378. The molecule has 106 valence electrons. The van der Waals surface area contributed by atoms with Crippen LogP contribution in [0.5, 0.6) is 5.75 Å². The summed E-state index contributed by atoms with van der Waals surface area (Å²) in [4.78, 5) is 0. The molecular weight excluding hydrogens is 334 g/mol. The van der Waals surface area contributed by atoms with E-state index in [4.69, 9.17) is 4.74 Å². The van der Waals surface area contributed by atoms with Crippen molar-refractivity contribution < 1.29 is 13.0 Å². The van der Waals surface area contributed by atoms with E-state index in [1.165, 1.54) is 6.07 Å². The molecule has 0 saturated carbocycles. The summed E-state index contributed by atoms with van der Waals surface area (Å²) >= 11 is -2.52. The number of benzene rings is 3. The Bertz CT molecular complexity index is 807. The number of fused-ring (bicyclic) bond motifs is 1. The Morgan fingerprint density at radius 1 is 0.952 bits per heavy atom. The van der Waals surface area contributed by atoms with E-state index in [0.29, 0.717) is 20.1 Å². The molecule has 0 aromatic heterocycles. The minimum absolute atomic E-state index is 0.332. The van der Waals surface area contributed by atoms with Crippen LogP contribution in [0.1, 0.15) is 0 Å². The molecule has 1 unspecified atom stereocenters. The normalized spacial score (nSPS) is 12.3. The first-order valence-corrected chi connectivity index (χ1v) is 8.85. The molecule has 0 spiro atoms. The molecule has 21 heavy (non-hydrogen) atoms. The van der Waals surface area contributed by atoms with Crippen molar-refractivity contribution in [3.8, 4) is 5.75 Å². The van der Waals surface area contributed by atoms with Gasteiger partial charge in [0.1, 0.15) is 0 Å². The Kier molecular flexibility index (Phi) is 3.82. The fourth-order valence-corrected chi connectivity index (χ4v) is 4.84. The van der Waals surface area contributed by atoms with Gasteiger partial charge in [-0.2, -0.15) is 0 Å². The Morgan fingerprint density at radius 3 is 2.29 bits per heavy atom. The molecule has 1 atom stereocenters. The molecule has 3 rings (SSSR count). The van der Waals surface area contributed by atoms with Gasteiger partial charge in [-0.15, -0.1) is 0 Å². The fraction of sp³-hybridized carbons (Fsp3) is 0.0588. The molecule has 4 heteroatoms. The first kappa shape index (κ1) is 13.9. The van der Waals surface area contributed by atoms with Gasteiger partial charge in [-0.05, 0) is 0 Å². The first-order chi connectivity index (χ1) is 10.2. The van der Waals surface area contributed by atoms with E-state index in [-0.39, 0.29) is 5.82 Å². The topological polar surface area (TPSA) is 26.3 Å². The zero-order valence-corrected chi connectivity index (χ0v) is 13.1. The van der Waals surface area contributed by atoms with Crippen LogP contribution in [0.3, 0.4) is 0 Å². The predicted molar refractivity (Wildman–Crippen MR) is 82.6 cm³/mol. The van der Waals surface area contributed by atoms with Gasteiger partial charge in [0.2, 0.25) is 0 Å². The zero-order chi connectivity index (χ0) is 14.8. The van der Waals surface area contributed by atoms with Crippen molar-refractivity contribution in [3.05, 3.63) is 66.5 Å². The summed E-state index contributed by atoms with van der Waals surface area (Å²) in [5, 5.41) is 1.22. The van der Waals surface area contributed by atoms with Crippen molar-refractivity contribution in [2.24, 2.45) is 0 Å². The summed E-state index contributed by atoms with van der Waals surface area (Å²) < 4.78 is 33.3. The van der Waals surface area contributed by atoms with Crippen LogP contribution in [0.2, 0.25) is 0 Å². The Hall–Kier alpha value is -2.03. The number of methoxy groups -OCH3 is 1. The summed E-state index contributed by atoms with van der Waals surface area (Å²) in [6.45, 7) is 0. The monoisotopic (exact) mass is 348 g/mol. The van der Waals surface area contributed by atoms with Gasteiger partial charge in [0.25, 0.3) is 0 Å². The van der Waals surface area contributed by atoms with Crippen molar-refractivity contribution in [2.75, 3.05) is 7.11 Å². The van der Waals surface area contributed by atoms with Gasteiger partial charge in [-0.25, -0.2) is 0 Å². The number of hydrogen-bond donors (Lipinski definition) is 0. The molecule has 0 radical (unpaired) electrons. The van der Waals surface area contributed by atoms with E-state index in [9.17, 15) is 8.23 Å². The molecule has 0 heterocycles. The van der Waals surface area contributed by atoms with Crippen LogP contribution in [0.25, 0.3) is 10.8 Å². The second-order valence-electron chi connectivity index (χ2n) is 4.54. The number of halogens is 1. The van der Waals surface area contributed by atoms with Gasteiger partial charge in [0.15, 0.2) is 0 Å². The molecule has 0 amide bonds. The number of ether oxygens (including phenoxy) is 1. The van der Waals surface area contributed by atoms with Crippen LogP contribution in [-0.2, 0) is 3.83 Å². The molecule has 0 aliphatic carbocycles. The SMILES string of the molecule is COc1ccc([Se](=O)c2cccc3cccc(F)c23)cc1. The van der Waals surface area contributed by atoms with Gasteiger partial charge >= 0.3 is 126 Å². The molecule has 0 saturated heterocycles. The molecule has 3 aromatic carbocycles. The van der Waals surface area contributed by atoms with Crippen molar-refractivity contribution in [1.29, 1.82) is 0 Å². The van der Waals surface area contributed by atoms with Gasteiger partial charge in [-0.3, -0.25) is 0 Å². The fourth-order valence-electron chi connectivity index (χ4n) is 2.24. The minimum atomic E-state index is -2.52. The van der Waals surface area contributed by atoms with E-state index in [1.54, 1.807) is 43.5 Å². The number of hydrogen-bond acceptors (Lipinski definition) is 2. The van der Waals surface area contributed by atoms with Crippen molar-refractivity contribution in [2.45, 2.75) is 0 Å². The van der Waals surface area contributed by atoms with Crippen LogP contribution < -0.4 is 13.7 Å². The average molecular weight is 347 g/mol. The summed E-state index contributed by atoms with van der Waals surface area (Å²) in [6, 6.07) is 17.4. The average Bonchev–Trinajstić information content (AvgIpc) is 2.54. The van der Waals surface area contributed by atoms with Crippen molar-refractivity contribution >= 4 is 33.5 Å². The van der Waals surface area contributed by atoms with Crippen LogP contribution >= 0.6 is 0 Å². The van der Waals surface area contributed by atoms with Crippen molar-refractivity contribution in [3.63, 3.8) is 0 Å². The third-order valence-electron chi connectivity index (χ3n) is 3.29.